The highest BCUT2D eigenvalue weighted by Gasteiger charge is 1.99. The highest BCUT2D eigenvalue weighted by Crippen LogP contribution is 2.12. The third-order valence-corrected chi connectivity index (χ3v) is 1.64. The van der Waals surface area contributed by atoms with Crippen LogP contribution in [0, 0.1) is 5.82 Å². The fraction of sp³-hybridized carbons (Fsp3) is 0.222. The van der Waals surface area contributed by atoms with Crippen LogP contribution in [0.2, 0.25) is 5.02 Å². The van der Waals surface area contributed by atoms with Gasteiger partial charge < -0.3 is 5.32 Å². The van der Waals surface area contributed by atoms with Gasteiger partial charge in [-0.1, -0.05) is 17.7 Å². The molecule has 0 bridgehead atoms. The Balaban J connectivity index is 2.77. The van der Waals surface area contributed by atoms with Crippen LogP contribution >= 0.6 is 11.6 Å². The zero-order valence-electron chi connectivity index (χ0n) is 7.22. The standard InChI is InChI=1S/C9H10ClFN2/c1-12-4-2-3-9-8(11)5-7(10)6-13-9/h2-3,5-6,12H,4H2,1H3. The summed E-state index contributed by atoms with van der Waals surface area (Å²) in [6.45, 7) is 0.684. The summed E-state index contributed by atoms with van der Waals surface area (Å²) in [5.74, 6) is -0.403. The van der Waals surface area contributed by atoms with E-state index in [1.807, 2.05) is 7.05 Å². The molecule has 0 aliphatic rings. The SMILES string of the molecule is CNCC=Cc1ncc(Cl)cc1F. The summed E-state index contributed by atoms with van der Waals surface area (Å²) in [4.78, 5) is 3.83. The minimum absolute atomic E-state index is 0.305. The third kappa shape index (κ3) is 3.13. The van der Waals surface area contributed by atoms with Crippen molar-refractivity contribution in [3.05, 3.63) is 34.9 Å². The maximum Gasteiger partial charge on any atom is 0.150 e. The molecular weight excluding hydrogens is 191 g/mol. The number of pyridine rings is 1. The number of aromatic nitrogens is 1. The van der Waals surface area contributed by atoms with E-state index < -0.39 is 5.82 Å². The summed E-state index contributed by atoms with van der Waals surface area (Å²) in [5, 5.41) is 3.21. The molecule has 0 radical (unpaired) electrons. The molecule has 1 N–H and O–H groups in total. The smallest absolute Gasteiger partial charge is 0.150 e. The van der Waals surface area contributed by atoms with Gasteiger partial charge in [0.2, 0.25) is 0 Å². The van der Waals surface area contributed by atoms with Crippen molar-refractivity contribution in [3.63, 3.8) is 0 Å². The molecule has 0 saturated heterocycles. The van der Waals surface area contributed by atoms with Gasteiger partial charge in [-0.2, -0.15) is 0 Å². The number of rotatable bonds is 3. The van der Waals surface area contributed by atoms with Crippen molar-refractivity contribution in [2.24, 2.45) is 0 Å². The predicted molar refractivity (Wildman–Crippen MR) is 52.2 cm³/mol. The Morgan fingerprint density at radius 3 is 3.08 bits per heavy atom. The van der Waals surface area contributed by atoms with Crippen LogP contribution in [0.4, 0.5) is 4.39 Å². The Bertz CT molecular complexity index is 312. The van der Waals surface area contributed by atoms with E-state index in [0.717, 1.165) is 0 Å². The van der Waals surface area contributed by atoms with Gasteiger partial charge in [0.1, 0.15) is 5.82 Å². The number of likely N-dealkylation sites (N-methyl/N-ethyl adjacent to an activating group) is 1. The normalized spacial score (nSPS) is 11.0. The molecule has 4 heteroatoms. The van der Waals surface area contributed by atoms with Gasteiger partial charge in [0.25, 0.3) is 0 Å². The molecule has 0 saturated carbocycles. The van der Waals surface area contributed by atoms with Crippen LogP contribution in [0.15, 0.2) is 18.3 Å². The van der Waals surface area contributed by atoms with Crippen molar-refractivity contribution < 1.29 is 4.39 Å². The Morgan fingerprint density at radius 1 is 1.69 bits per heavy atom. The Kier molecular flexibility index (Phi) is 3.86. The van der Waals surface area contributed by atoms with Crippen molar-refractivity contribution in [2.45, 2.75) is 0 Å². The molecular formula is C9H10ClFN2. The Morgan fingerprint density at radius 2 is 2.46 bits per heavy atom. The number of nitrogens with zero attached hydrogens (tertiary/aromatic N) is 1. The molecule has 2 nitrogen and oxygen atoms in total. The summed E-state index contributed by atoms with van der Waals surface area (Å²) >= 11 is 5.54. The molecule has 0 aliphatic heterocycles. The average Bonchev–Trinajstić information content (AvgIpc) is 2.09. The Labute approximate surface area is 81.4 Å². The van der Waals surface area contributed by atoms with Gasteiger partial charge in [0, 0.05) is 12.7 Å². The fourth-order valence-corrected chi connectivity index (χ4v) is 0.981. The molecule has 1 heterocycles. The fourth-order valence-electron chi connectivity index (χ4n) is 0.836. The summed E-state index contributed by atoms with van der Waals surface area (Å²) in [6.07, 6.45) is 4.82. The molecule has 0 unspecified atom stereocenters. The van der Waals surface area contributed by atoms with Gasteiger partial charge in [-0.25, -0.2) is 4.39 Å². The number of hydrogen-bond donors (Lipinski definition) is 1. The lowest BCUT2D eigenvalue weighted by Gasteiger charge is -1.95. The second-order valence-electron chi connectivity index (χ2n) is 2.48. The summed E-state index contributed by atoms with van der Waals surface area (Å²) in [5.41, 5.74) is 0.305. The van der Waals surface area contributed by atoms with E-state index in [0.29, 0.717) is 17.3 Å². The van der Waals surface area contributed by atoms with Crippen LogP contribution in [0.3, 0.4) is 0 Å². The lowest BCUT2D eigenvalue weighted by molar-refractivity contribution is 0.618. The highest BCUT2D eigenvalue weighted by atomic mass is 35.5. The molecule has 0 spiro atoms. The molecule has 0 amide bonds. The summed E-state index contributed by atoms with van der Waals surface area (Å²) in [7, 11) is 1.82. The zero-order valence-corrected chi connectivity index (χ0v) is 7.98. The molecule has 0 atom stereocenters. The first-order valence-corrected chi connectivity index (χ1v) is 4.24. The van der Waals surface area contributed by atoms with E-state index >= 15 is 0 Å². The quantitative estimate of drug-likeness (QED) is 0.809. The van der Waals surface area contributed by atoms with Gasteiger partial charge in [-0.3, -0.25) is 4.98 Å². The third-order valence-electron chi connectivity index (χ3n) is 1.43. The highest BCUT2D eigenvalue weighted by molar-refractivity contribution is 6.30. The number of halogens is 2. The zero-order chi connectivity index (χ0) is 9.68. The predicted octanol–water partition coefficient (Wildman–Crippen LogP) is 2.11. The molecule has 13 heavy (non-hydrogen) atoms. The minimum atomic E-state index is -0.403. The first-order valence-electron chi connectivity index (χ1n) is 3.86. The van der Waals surface area contributed by atoms with Crippen molar-refractivity contribution in [3.8, 4) is 0 Å². The van der Waals surface area contributed by atoms with E-state index in [2.05, 4.69) is 10.3 Å². The van der Waals surface area contributed by atoms with Crippen molar-refractivity contribution in [2.75, 3.05) is 13.6 Å². The molecule has 1 aromatic rings. The van der Waals surface area contributed by atoms with Crippen LogP contribution in [-0.2, 0) is 0 Å². The first kappa shape index (κ1) is 10.2. The molecule has 0 fully saturated rings. The van der Waals surface area contributed by atoms with E-state index in [9.17, 15) is 4.39 Å². The van der Waals surface area contributed by atoms with E-state index in [4.69, 9.17) is 11.6 Å². The lowest BCUT2D eigenvalue weighted by Crippen LogP contribution is -2.03. The first-order chi connectivity index (χ1) is 6.24. The van der Waals surface area contributed by atoms with E-state index in [1.54, 1.807) is 12.2 Å². The van der Waals surface area contributed by atoms with Crippen LogP contribution < -0.4 is 5.32 Å². The van der Waals surface area contributed by atoms with Crippen molar-refractivity contribution in [1.82, 2.24) is 10.3 Å². The van der Waals surface area contributed by atoms with Gasteiger partial charge in [0.05, 0.1) is 10.7 Å². The van der Waals surface area contributed by atoms with Gasteiger partial charge in [-0.05, 0) is 19.2 Å². The van der Waals surface area contributed by atoms with Gasteiger partial charge >= 0.3 is 0 Å². The van der Waals surface area contributed by atoms with E-state index in [-0.39, 0.29) is 0 Å². The van der Waals surface area contributed by atoms with Crippen molar-refractivity contribution >= 4 is 17.7 Å². The lowest BCUT2D eigenvalue weighted by atomic mass is 10.3. The Hall–Kier alpha value is -0.930. The number of hydrogen-bond acceptors (Lipinski definition) is 2. The maximum atomic E-state index is 13.1. The molecule has 0 aromatic carbocycles. The topological polar surface area (TPSA) is 24.9 Å². The van der Waals surface area contributed by atoms with Crippen LogP contribution in [0.5, 0.6) is 0 Å². The second-order valence-corrected chi connectivity index (χ2v) is 2.92. The van der Waals surface area contributed by atoms with Gasteiger partial charge in [0.15, 0.2) is 0 Å². The minimum Gasteiger partial charge on any atom is -0.316 e. The maximum absolute atomic E-state index is 13.1. The van der Waals surface area contributed by atoms with Gasteiger partial charge in [-0.15, -0.1) is 0 Å². The number of nitrogens with one attached hydrogen (secondary N) is 1. The molecule has 1 rings (SSSR count). The van der Waals surface area contributed by atoms with Crippen LogP contribution in [0.1, 0.15) is 5.69 Å². The molecule has 1 aromatic heterocycles. The second kappa shape index (κ2) is 4.94. The summed E-state index contributed by atoms with van der Waals surface area (Å²) < 4.78 is 13.1. The average molecular weight is 201 g/mol. The largest absolute Gasteiger partial charge is 0.316 e. The molecule has 70 valence electrons. The van der Waals surface area contributed by atoms with Crippen LogP contribution in [-0.4, -0.2) is 18.6 Å². The monoisotopic (exact) mass is 200 g/mol. The van der Waals surface area contributed by atoms with E-state index in [1.165, 1.54) is 12.3 Å². The van der Waals surface area contributed by atoms with Crippen molar-refractivity contribution in [1.29, 1.82) is 0 Å². The summed E-state index contributed by atoms with van der Waals surface area (Å²) in [6, 6.07) is 1.24. The van der Waals surface area contributed by atoms with Crippen LogP contribution in [0.25, 0.3) is 6.08 Å². The molecule has 0 aliphatic carbocycles.